The van der Waals surface area contributed by atoms with E-state index in [0.717, 1.165) is 18.6 Å². The molecule has 0 bridgehead atoms. The molecule has 3 N–H and O–H groups in total. The average molecular weight is 363 g/mol. The number of rotatable bonds is 7. The van der Waals surface area contributed by atoms with Crippen molar-refractivity contribution in [2.24, 2.45) is 0 Å². The molecule has 0 aliphatic rings. The molecule has 0 saturated carbocycles. The monoisotopic (exact) mass is 363 g/mol. The number of carbonyl (C=O) groups excluding carboxylic acids is 3. The number of amides is 2. The summed E-state index contributed by atoms with van der Waals surface area (Å²) in [5, 5.41) is 8.09. The normalized spacial score (nSPS) is 10.2. The molecule has 1 rings (SSSR count). The van der Waals surface area contributed by atoms with Crippen molar-refractivity contribution in [3.63, 3.8) is 0 Å². The number of hydrogen-bond donors (Lipinski definition) is 3. The first-order valence-electron chi connectivity index (χ1n) is 7.81. The van der Waals surface area contributed by atoms with E-state index in [0.29, 0.717) is 17.8 Å². The number of thiocarbonyl (C=S) groups is 1. The molecule has 0 aliphatic heterocycles. The van der Waals surface area contributed by atoms with E-state index in [4.69, 9.17) is 12.2 Å². The van der Waals surface area contributed by atoms with E-state index in [1.165, 1.54) is 0 Å². The van der Waals surface area contributed by atoms with E-state index >= 15 is 0 Å². The van der Waals surface area contributed by atoms with Crippen molar-refractivity contribution in [3.05, 3.63) is 36.4 Å². The molecule has 0 aliphatic carbocycles. The fraction of sp³-hybridized carbons (Fsp3) is 0.294. The summed E-state index contributed by atoms with van der Waals surface area (Å²) < 4.78 is 4.66. The summed E-state index contributed by atoms with van der Waals surface area (Å²) >= 11 is 5.02. The molecule has 0 heterocycles. The Kier molecular flexibility index (Phi) is 8.87. The predicted molar refractivity (Wildman–Crippen MR) is 100 cm³/mol. The van der Waals surface area contributed by atoms with E-state index in [-0.39, 0.29) is 17.6 Å². The van der Waals surface area contributed by atoms with Crippen molar-refractivity contribution in [3.8, 4) is 0 Å². The SMILES string of the molecule is CCCC(=O)Nc1ccc(NC(=S)NC(=O)/C=C/C(=O)OCC)cc1. The lowest BCUT2D eigenvalue weighted by Crippen LogP contribution is -2.33. The highest BCUT2D eigenvalue weighted by atomic mass is 32.1. The second-order valence-electron chi connectivity index (χ2n) is 4.90. The Morgan fingerprint density at radius 3 is 2.20 bits per heavy atom. The summed E-state index contributed by atoms with van der Waals surface area (Å²) in [6, 6.07) is 6.88. The Bertz CT molecular complexity index is 656. The van der Waals surface area contributed by atoms with E-state index in [2.05, 4.69) is 20.7 Å². The zero-order chi connectivity index (χ0) is 18.7. The Morgan fingerprint density at radius 2 is 1.64 bits per heavy atom. The van der Waals surface area contributed by atoms with E-state index < -0.39 is 11.9 Å². The maximum atomic E-state index is 11.6. The summed E-state index contributed by atoms with van der Waals surface area (Å²) in [4.78, 5) is 34.2. The highest BCUT2D eigenvalue weighted by Gasteiger charge is 2.04. The quantitative estimate of drug-likeness (QED) is 0.391. The van der Waals surface area contributed by atoms with Crippen LogP contribution in [0.5, 0.6) is 0 Å². The van der Waals surface area contributed by atoms with Crippen LogP contribution in [0.2, 0.25) is 0 Å². The number of hydrogen-bond acceptors (Lipinski definition) is 5. The fourth-order valence-corrected chi connectivity index (χ4v) is 1.96. The minimum Gasteiger partial charge on any atom is -0.463 e. The second kappa shape index (κ2) is 10.9. The third kappa shape index (κ3) is 8.61. The molecule has 25 heavy (non-hydrogen) atoms. The zero-order valence-corrected chi connectivity index (χ0v) is 14.9. The van der Waals surface area contributed by atoms with Crippen LogP contribution in [-0.2, 0) is 19.1 Å². The lowest BCUT2D eigenvalue weighted by atomic mass is 10.2. The van der Waals surface area contributed by atoms with Gasteiger partial charge in [-0.05, 0) is 49.8 Å². The second-order valence-corrected chi connectivity index (χ2v) is 5.31. The maximum absolute atomic E-state index is 11.6. The molecule has 0 atom stereocenters. The van der Waals surface area contributed by atoms with Gasteiger partial charge >= 0.3 is 5.97 Å². The van der Waals surface area contributed by atoms with Gasteiger partial charge in [0.1, 0.15) is 0 Å². The first-order chi connectivity index (χ1) is 11.9. The Hall–Kier alpha value is -2.74. The first-order valence-corrected chi connectivity index (χ1v) is 8.22. The van der Waals surface area contributed by atoms with Crippen LogP contribution in [0, 0.1) is 0 Å². The maximum Gasteiger partial charge on any atom is 0.330 e. The van der Waals surface area contributed by atoms with Gasteiger partial charge in [-0.15, -0.1) is 0 Å². The number of nitrogens with one attached hydrogen (secondary N) is 3. The molecule has 0 unspecified atom stereocenters. The number of anilines is 2. The minimum absolute atomic E-state index is 0.0422. The molecular weight excluding hydrogens is 342 g/mol. The van der Waals surface area contributed by atoms with E-state index in [1.807, 2.05) is 6.92 Å². The van der Waals surface area contributed by atoms with Gasteiger partial charge in [0.2, 0.25) is 11.8 Å². The van der Waals surface area contributed by atoms with Gasteiger partial charge in [-0.2, -0.15) is 0 Å². The number of carbonyl (C=O) groups is 3. The molecule has 1 aromatic carbocycles. The van der Waals surface area contributed by atoms with Crippen LogP contribution in [0.25, 0.3) is 0 Å². The highest BCUT2D eigenvalue weighted by molar-refractivity contribution is 7.80. The third-order valence-electron chi connectivity index (χ3n) is 2.80. The van der Waals surface area contributed by atoms with Gasteiger partial charge < -0.3 is 15.4 Å². The van der Waals surface area contributed by atoms with Crippen LogP contribution in [0.3, 0.4) is 0 Å². The molecule has 0 spiro atoms. The zero-order valence-electron chi connectivity index (χ0n) is 14.1. The Labute approximate surface area is 151 Å². The number of esters is 1. The third-order valence-corrected chi connectivity index (χ3v) is 3.00. The molecule has 0 aromatic heterocycles. The van der Waals surface area contributed by atoms with Crippen LogP contribution < -0.4 is 16.0 Å². The van der Waals surface area contributed by atoms with Crippen molar-refractivity contribution in [1.82, 2.24) is 5.32 Å². The number of ether oxygens (including phenoxy) is 1. The van der Waals surface area contributed by atoms with Crippen molar-refractivity contribution in [2.45, 2.75) is 26.7 Å². The molecule has 2 amide bonds. The molecule has 1 aromatic rings. The van der Waals surface area contributed by atoms with Crippen molar-refractivity contribution >= 4 is 46.5 Å². The molecule has 8 heteroatoms. The van der Waals surface area contributed by atoms with Gasteiger partial charge in [0.15, 0.2) is 5.11 Å². The van der Waals surface area contributed by atoms with Crippen LogP contribution in [0.1, 0.15) is 26.7 Å². The molecule has 7 nitrogen and oxygen atoms in total. The highest BCUT2D eigenvalue weighted by Crippen LogP contribution is 2.13. The van der Waals surface area contributed by atoms with Gasteiger partial charge in [-0.25, -0.2) is 4.79 Å². The molecular formula is C17H21N3O4S. The predicted octanol–water partition coefficient (Wildman–Crippen LogP) is 2.36. The van der Waals surface area contributed by atoms with E-state index in [9.17, 15) is 14.4 Å². The summed E-state index contributed by atoms with van der Waals surface area (Å²) in [6.45, 7) is 3.84. The summed E-state index contributed by atoms with van der Waals surface area (Å²) in [5.41, 5.74) is 1.32. The molecule has 0 radical (unpaired) electrons. The fourth-order valence-electron chi connectivity index (χ4n) is 1.74. The first kappa shape index (κ1) is 20.3. The smallest absolute Gasteiger partial charge is 0.330 e. The number of benzene rings is 1. The average Bonchev–Trinajstić information content (AvgIpc) is 2.55. The van der Waals surface area contributed by atoms with Gasteiger partial charge in [-0.3, -0.25) is 14.9 Å². The lowest BCUT2D eigenvalue weighted by molar-refractivity contribution is -0.137. The standard InChI is InChI=1S/C17H21N3O4S/c1-3-5-14(21)18-12-6-8-13(9-7-12)19-17(25)20-15(22)10-11-16(23)24-4-2/h6-11H,3-5H2,1-2H3,(H,18,21)(H2,19,20,22,25)/b11-10+. The summed E-state index contributed by atoms with van der Waals surface area (Å²) in [5.74, 6) is -1.19. The molecule has 0 saturated heterocycles. The van der Waals surface area contributed by atoms with Gasteiger partial charge in [0, 0.05) is 29.9 Å². The topological polar surface area (TPSA) is 96.5 Å². The molecule has 134 valence electrons. The van der Waals surface area contributed by atoms with Crippen molar-refractivity contribution in [2.75, 3.05) is 17.2 Å². The van der Waals surface area contributed by atoms with Crippen molar-refractivity contribution < 1.29 is 19.1 Å². The Morgan fingerprint density at radius 1 is 1.04 bits per heavy atom. The molecule has 0 fully saturated rings. The van der Waals surface area contributed by atoms with Crippen LogP contribution in [-0.4, -0.2) is 29.5 Å². The summed E-state index contributed by atoms with van der Waals surface area (Å²) in [6.07, 6.45) is 3.31. The van der Waals surface area contributed by atoms with Crippen LogP contribution in [0.15, 0.2) is 36.4 Å². The van der Waals surface area contributed by atoms with Gasteiger partial charge in [0.05, 0.1) is 6.61 Å². The Balaban J connectivity index is 2.47. The van der Waals surface area contributed by atoms with Gasteiger partial charge in [-0.1, -0.05) is 6.92 Å². The summed E-state index contributed by atoms with van der Waals surface area (Å²) in [7, 11) is 0. The van der Waals surface area contributed by atoms with Gasteiger partial charge in [0.25, 0.3) is 0 Å². The van der Waals surface area contributed by atoms with Crippen LogP contribution in [0.4, 0.5) is 11.4 Å². The van der Waals surface area contributed by atoms with E-state index in [1.54, 1.807) is 31.2 Å². The minimum atomic E-state index is -0.600. The van der Waals surface area contributed by atoms with Crippen molar-refractivity contribution in [1.29, 1.82) is 0 Å². The largest absolute Gasteiger partial charge is 0.463 e. The lowest BCUT2D eigenvalue weighted by Gasteiger charge is -2.09. The van der Waals surface area contributed by atoms with Crippen LogP contribution >= 0.6 is 12.2 Å².